The number of hydrogen-bond acceptors (Lipinski definition) is 5. The molecule has 1 saturated heterocycles. The van der Waals surface area contributed by atoms with Gasteiger partial charge in [0.05, 0.1) is 7.11 Å². The van der Waals surface area contributed by atoms with Gasteiger partial charge in [-0.2, -0.15) is 0 Å². The zero-order chi connectivity index (χ0) is 15.2. The summed E-state index contributed by atoms with van der Waals surface area (Å²) in [5.41, 5.74) is 1.19. The van der Waals surface area contributed by atoms with Crippen molar-refractivity contribution in [3.05, 3.63) is 48.3 Å². The van der Waals surface area contributed by atoms with Gasteiger partial charge in [-0.3, -0.25) is 0 Å². The first-order valence-corrected chi connectivity index (χ1v) is 7.74. The molecule has 5 nitrogen and oxygen atoms in total. The summed E-state index contributed by atoms with van der Waals surface area (Å²) in [6.07, 6.45) is 5.93. The highest BCUT2D eigenvalue weighted by atomic mass is 16.5. The maximum Gasteiger partial charge on any atom is 0.225 e. The van der Waals surface area contributed by atoms with Gasteiger partial charge in [-0.05, 0) is 25.0 Å². The number of aromatic nitrogens is 2. The number of anilines is 1. The fourth-order valence-corrected chi connectivity index (χ4v) is 2.88. The van der Waals surface area contributed by atoms with Crippen LogP contribution in [0.5, 0.6) is 5.75 Å². The molecule has 1 aromatic carbocycles. The lowest BCUT2D eigenvalue weighted by Crippen LogP contribution is -2.46. The number of para-hydroxylation sites is 1. The van der Waals surface area contributed by atoms with Crippen molar-refractivity contribution in [2.24, 2.45) is 0 Å². The molecule has 0 aliphatic carbocycles. The van der Waals surface area contributed by atoms with Gasteiger partial charge < -0.3 is 15.0 Å². The smallest absolute Gasteiger partial charge is 0.225 e. The molecule has 0 bridgehead atoms. The molecule has 3 rings (SSSR count). The molecule has 0 saturated carbocycles. The number of benzene rings is 1. The van der Waals surface area contributed by atoms with E-state index in [-0.39, 0.29) is 0 Å². The van der Waals surface area contributed by atoms with E-state index in [2.05, 4.69) is 26.3 Å². The Kier molecular flexibility index (Phi) is 4.85. The van der Waals surface area contributed by atoms with Crippen LogP contribution in [0, 0.1) is 0 Å². The highest BCUT2D eigenvalue weighted by Gasteiger charge is 2.21. The van der Waals surface area contributed by atoms with Crippen LogP contribution in [0.1, 0.15) is 18.4 Å². The number of hydrogen-bond donors (Lipinski definition) is 1. The molecular formula is C17H22N4O. The summed E-state index contributed by atoms with van der Waals surface area (Å²) in [6.45, 7) is 2.79. The predicted octanol–water partition coefficient (Wildman–Crippen LogP) is 2.24. The first kappa shape index (κ1) is 14.8. The second-order valence-electron chi connectivity index (χ2n) is 5.53. The van der Waals surface area contributed by atoms with Crippen LogP contribution >= 0.6 is 0 Å². The largest absolute Gasteiger partial charge is 0.496 e. The predicted molar refractivity (Wildman–Crippen MR) is 87.1 cm³/mol. The summed E-state index contributed by atoms with van der Waals surface area (Å²) < 4.78 is 5.41. The van der Waals surface area contributed by atoms with Gasteiger partial charge in [-0.1, -0.05) is 18.2 Å². The van der Waals surface area contributed by atoms with Crippen LogP contribution in [0.25, 0.3) is 0 Å². The summed E-state index contributed by atoms with van der Waals surface area (Å²) >= 11 is 0. The molecule has 1 aromatic heterocycles. The lowest BCUT2D eigenvalue weighted by Gasteiger charge is -2.33. The lowest BCUT2D eigenvalue weighted by molar-refractivity contribution is 0.393. The van der Waals surface area contributed by atoms with E-state index in [1.54, 1.807) is 19.5 Å². The number of piperidine rings is 1. The third kappa shape index (κ3) is 3.54. The maximum absolute atomic E-state index is 5.41. The van der Waals surface area contributed by atoms with E-state index in [9.17, 15) is 0 Å². The average molecular weight is 298 g/mol. The van der Waals surface area contributed by atoms with Crippen LogP contribution < -0.4 is 15.0 Å². The van der Waals surface area contributed by atoms with Crippen molar-refractivity contribution in [1.29, 1.82) is 0 Å². The summed E-state index contributed by atoms with van der Waals surface area (Å²) in [5, 5.41) is 3.64. The number of methoxy groups -OCH3 is 1. The Balaban J connectivity index is 1.59. The van der Waals surface area contributed by atoms with Crippen LogP contribution in [0.4, 0.5) is 5.95 Å². The van der Waals surface area contributed by atoms with Crippen molar-refractivity contribution in [2.45, 2.75) is 25.4 Å². The quantitative estimate of drug-likeness (QED) is 0.917. The third-order valence-electron chi connectivity index (χ3n) is 4.03. The monoisotopic (exact) mass is 298 g/mol. The van der Waals surface area contributed by atoms with Gasteiger partial charge in [-0.25, -0.2) is 9.97 Å². The Morgan fingerprint density at radius 3 is 2.86 bits per heavy atom. The highest BCUT2D eigenvalue weighted by Crippen LogP contribution is 2.19. The molecule has 1 atom stereocenters. The number of ether oxygens (including phenoxy) is 1. The minimum Gasteiger partial charge on any atom is -0.496 e. The van der Waals surface area contributed by atoms with Crippen LogP contribution in [0.3, 0.4) is 0 Å². The topological polar surface area (TPSA) is 50.3 Å². The second kappa shape index (κ2) is 7.22. The van der Waals surface area contributed by atoms with Gasteiger partial charge in [0.15, 0.2) is 0 Å². The molecule has 22 heavy (non-hydrogen) atoms. The molecule has 116 valence electrons. The molecule has 0 spiro atoms. The van der Waals surface area contributed by atoms with Crippen molar-refractivity contribution >= 4 is 5.95 Å². The maximum atomic E-state index is 5.41. The third-order valence-corrected chi connectivity index (χ3v) is 4.03. The molecule has 2 aromatic rings. The van der Waals surface area contributed by atoms with Crippen molar-refractivity contribution in [1.82, 2.24) is 15.3 Å². The van der Waals surface area contributed by atoms with Gasteiger partial charge in [0.1, 0.15) is 5.75 Å². The SMILES string of the molecule is COc1ccccc1CN[C@@H]1CCCN(c2ncccn2)C1. The molecule has 0 amide bonds. The summed E-state index contributed by atoms with van der Waals surface area (Å²) in [5.74, 6) is 1.76. The Morgan fingerprint density at radius 1 is 1.23 bits per heavy atom. The fraction of sp³-hybridized carbons (Fsp3) is 0.412. The summed E-state index contributed by atoms with van der Waals surface area (Å²) in [4.78, 5) is 11.0. The van der Waals surface area contributed by atoms with E-state index < -0.39 is 0 Å². The molecule has 2 heterocycles. The fourth-order valence-electron chi connectivity index (χ4n) is 2.88. The molecule has 1 N–H and O–H groups in total. The van der Waals surface area contributed by atoms with Gasteiger partial charge in [-0.15, -0.1) is 0 Å². The van der Waals surface area contributed by atoms with Gasteiger partial charge >= 0.3 is 0 Å². The number of nitrogens with one attached hydrogen (secondary N) is 1. The van der Waals surface area contributed by atoms with E-state index in [4.69, 9.17) is 4.74 Å². The summed E-state index contributed by atoms with van der Waals surface area (Å²) in [6, 6.07) is 10.4. The van der Waals surface area contributed by atoms with Crippen molar-refractivity contribution < 1.29 is 4.74 Å². The van der Waals surface area contributed by atoms with Gasteiger partial charge in [0.2, 0.25) is 5.95 Å². The number of nitrogens with zero attached hydrogens (tertiary/aromatic N) is 3. The van der Waals surface area contributed by atoms with Crippen molar-refractivity contribution in [3.8, 4) is 5.75 Å². The first-order chi connectivity index (χ1) is 10.9. The van der Waals surface area contributed by atoms with Crippen LogP contribution in [0.15, 0.2) is 42.7 Å². The Morgan fingerprint density at radius 2 is 2.05 bits per heavy atom. The van der Waals surface area contributed by atoms with Gasteiger partial charge in [0.25, 0.3) is 0 Å². The minimum absolute atomic E-state index is 0.447. The second-order valence-corrected chi connectivity index (χ2v) is 5.53. The lowest BCUT2D eigenvalue weighted by atomic mass is 10.1. The average Bonchev–Trinajstić information content (AvgIpc) is 2.61. The Bertz CT molecular complexity index is 590. The highest BCUT2D eigenvalue weighted by molar-refractivity contribution is 5.33. The van der Waals surface area contributed by atoms with E-state index >= 15 is 0 Å². The standard InChI is InChI=1S/C17H22N4O/c1-22-16-8-3-2-6-14(16)12-20-15-7-4-11-21(13-15)17-18-9-5-10-19-17/h2-3,5-6,8-10,15,20H,4,7,11-13H2,1H3/t15-/m1/s1. The molecule has 0 unspecified atom stereocenters. The minimum atomic E-state index is 0.447. The molecule has 1 aliphatic heterocycles. The van der Waals surface area contributed by atoms with Crippen LogP contribution in [-0.4, -0.2) is 36.2 Å². The molecule has 1 fully saturated rings. The Labute approximate surface area is 131 Å². The van der Waals surface area contributed by atoms with Crippen LogP contribution in [0.2, 0.25) is 0 Å². The first-order valence-electron chi connectivity index (χ1n) is 7.74. The number of rotatable bonds is 5. The normalized spacial score (nSPS) is 18.2. The zero-order valence-electron chi connectivity index (χ0n) is 12.9. The van der Waals surface area contributed by atoms with E-state index in [1.165, 1.54) is 12.0 Å². The molecule has 5 heteroatoms. The van der Waals surface area contributed by atoms with Crippen molar-refractivity contribution in [2.75, 3.05) is 25.1 Å². The van der Waals surface area contributed by atoms with E-state index in [0.717, 1.165) is 37.8 Å². The van der Waals surface area contributed by atoms with Crippen LogP contribution in [-0.2, 0) is 6.54 Å². The zero-order valence-corrected chi connectivity index (χ0v) is 12.9. The van der Waals surface area contributed by atoms with E-state index in [1.807, 2.05) is 24.3 Å². The molecular weight excluding hydrogens is 276 g/mol. The summed E-state index contributed by atoms with van der Waals surface area (Å²) in [7, 11) is 1.72. The molecule has 1 aliphatic rings. The molecule has 0 radical (unpaired) electrons. The van der Waals surface area contributed by atoms with Gasteiger partial charge in [0, 0.05) is 43.6 Å². The van der Waals surface area contributed by atoms with Crippen molar-refractivity contribution in [3.63, 3.8) is 0 Å². The Hall–Kier alpha value is -2.14. The van der Waals surface area contributed by atoms with E-state index in [0.29, 0.717) is 6.04 Å².